The van der Waals surface area contributed by atoms with E-state index in [9.17, 15) is 19.5 Å². The van der Waals surface area contributed by atoms with E-state index in [2.05, 4.69) is 5.32 Å². The molecule has 0 unspecified atom stereocenters. The smallest absolute Gasteiger partial charge is 0.339 e. The Balaban J connectivity index is 1.79. The van der Waals surface area contributed by atoms with Gasteiger partial charge in [0, 0.05) is 25.9 Å². The normalized spacial score (nSPS) is 14.1. The summed E-state index contributed by atoms with van der Waals surface area (Å²) >= 11 is 2.63. The topological polar surface area (TPSA) is 83.5 Å². The van der Waals surface area contributed by atoms with E-state index in [0.29, 0.717) is 5.56 Å². The number of nitrogens with one attached hydrogen (secondary N) is 1. The summed E-state index contributed by atoms with van der Waals surface area (Å²) in [5.41, 5.74) is 0.352. The number of thioether (sulfide) groups is 1. The molecular formula is C19H11NO4S2. The summed E-state index contributed by atoms with van der Waals surface area (Å²) < 4.78 is 1.92. The molecule has 4 rings (SSSR count). The minimum Gasteiger partial charge on any atom is -0.478 e. The molecule has 0 atom stereocenters. The Morgan fingerprint density at radius 2 is 1.85 bits per heavy atom. The zero-order valence-electron chi connectivity index (χ0n) is 13.2. The highest BCUT2D eigenvalue weighted by Crippen LogP contribution is 2.37. The van der Waals surface area contributed by atoms with Gasteiger partial charge in [0.2, 0.25) is 0 Å². The fourth-order valence-corrected chi connectivity index (χ4v) is 5.15. The highest BCUT2D eigenvalue weighted by molar-refractivity contribution is 8.03. The first-order valence-corrected chi connectivity index (χ1v) is 9.46. The highest BCUT2D eigenvalue weighted by atomic mass is 32.2. The van der Waals surface area contributed by atoms with Crippen LogP contribution >= 0.6 is 23.1 Å². The molecule has 0 spiro atoms. The van der Waals surface area contributed by atoms with Gasteiger partial charge in [-0.1, -0.05) is 30.3 Å². The van der Waals surface area contributed by atoms with Gasteiger partial charge in [-0.15, -0.1) is 23.1 Å². The van der Waals surface area contributed by atoms with Gasteiger partial charge in [-0.25, -0.2) is 9.59 Å². The van der Waals surface area contributed by atoms with E-state index in [1.54, 1.807) is 18.1 Å². The molecule has 1 amide bonds. The van der Waals surface area contributed by atoms with Crippen LogP contribution < -0.4 is 5.32 Å². The number of benzene rings is 2. The average molecular weight is 381 g/mol. The maximum absolute atomic E-state index is 12.8. The first kappa shape index (κ1) is 16.6. The van der Waals surface area contributed by atoms with E-state index in [-0.39, 0.29) is 21.9 Å². The molecule has 26 heavy (non-hydrogen) atoms. The van der Waals surface area contributed by atoms with E-state index >= 15 is 0 Å². The molecule has 5 nitrogen and oxygen atoms in total. The van der Waals surface area contributed by atoms with Crippen LogP contribution in [0.4, 0.5) is 0 Å². The number of rotatable bonds is 3. The number of fused-ring (bicyclic) bond motifs is 3. The van der Waals surface area contributed by atoms with Crippen molar-refractivity contribution in [3.63, 3.8) is 0 Å². The summed E-state index contributed by atoms with van der Waals surface area (Å²) in [4.78, 5) is 35.1. The molecule has 0 radical (unpaired) electrons. The predicted molar refractivity (Wildman–Crippen MR) is 103 cm³/mol. The first-order chi connectivity index (χ1) is 12.6. The summed E-state index contributed by atoms with van der Waals surface area (Å²) in [7, 11) is 0. The average Bonchev–Trinajstić information content (AvgIpc) is 3.22. The molecule has 7 heteroatoms. The lowest BCUT2D eigenvalue weighted by molar-refractivity contribution is -0.132. The molecule has 1 aliphatic rings. The summed E-state index contributed by atoms with van der Waals surface area (Å²) in [6.07, 6.45) is 0. The van der Waals surface area contributed by atoms with Crippen molar-refractivity contribution in [2.75, 3.05) is 5.75 Å². The third kappa shape index (κ3) is 2.63. The molecule has 128 valence electrons. The van der Waals surface area contributed by atoms with Gasteiger partial charge in [-0.05, 0) is 12.1 Å². The number of carboxylic acid groups (broad SMARTS) is 1. The standard InChI is InChI=1S/C19H11NO4S2/c21-8-10-9-25-18(15(10)19(23)24)20-17(22)13-6-3-5-12-11-4-1-2-7-14(11)26-16(12)13/h1-7H,9H2,(H,20,22)(H,23,24). The number of carbonyl (C=O) groups excluding carboxylic acids is 2. The van der Waals surface area contributed by atoms with E-state index in [0.717, 1.165) is 31.9 Å². The summed E-state index contributed by atoms with van der Waals surface area (Å²) in [5.74, 6) is 0.192. The van der Waals surface area contributed by atoms with E-state index in [1.165, 1.54) is 11.3 Å². The molecule has 2 aromatic carbocycles. The van der Waals surface area contributed by atoms with Gasteiger partial charge in [0.05, 0.1) is 16.2 Å². The summed E-state index contributed by atoms with van der Waals surface area (Å²) in [5, 5.41) is 14.2. The van der Waals surface area contributed by atoms with Crippen molar-refractivity contribution in [1.29, 1.82) is 0 Å². The largest absolute Gasteiger partial charge is 0.478 e. The molecule has 0 fully saturated rings. The van der Waals surface area contributed by atoms with Gasteiger partial charge < -0.3 is 10.4 Å². The second-order valence-electron chi connectivity index (χ2n) is 5.61. The quantitative estimate of drug-likeness (QED) is 0.678. The Bertz CT molecular complexity index is 1170. The van der Waals surface area contributed by atoms with Crippen LogP contribution in [0.25, 0.3) is 20.2 Å². The summed E-state index contributed by atoms with van der Waals surface area (Å²) in [6, 6.07) is 13.4. The first-order valence-electron chi connectivity index (χ1n) is 7.66. The van der Waals surface area contributed by atoms with Gasteiger partial charge in [0.15, 0.2) is 0 Å². The van der Waals surface area contributed by atoms with Crippen molar-refractivity contribution in [3.05, 3.63) is 64.2 Å². The van der Waals surface area contributed by atoms with Crippen molar-refractivity contribution < 1.29 is 19.5 Å². The second-order valence-corrected chi connectivity index (χ2v) is 7.65. The van der Waals surface area contributed by atoms with Crippen molar-refractivity contribution in [2.24, 2.45) is 0 Å². The monoisotopic (exact) mass is 381 g/mol. The number of carboxylic acids is 1. The number of amides is 1. The zero-order valence-corrected chi connectivity index (χ0v) is 14.9. The van der Waals surface area contributed by atoms with Crippen LogP contribution in [0.1, 0.15) is 10.4 Å². The lowest BCUT2D eigenvalue weighted by atomic mass is 10.1. The molecule has 2 N–H and O–H groups in total. The number of aliphatic carboxylic acids is 1. The maximum atomic E-state index is 12.8. The van der Waals surface area contributed by atoms with E-state index in [1.807, 2.05) is 30.3 Å². The van der Waals surface area contributed by atoms with Crippen molar-refractivity contribution >= 4 is 61.1 Å². The van der Waals surface area contributed by atoms with E-state index < -0.39 is 11.9 Å². The molecule has 0 saturated carbocycles. The highest BCUT2D eigenvalue weighted by Gasteiger charge is 2.29. The molecule has 2 heterocycles. The number of hydrogen-bond donors (Lipinski definition) is 2. The maximum Gasteiger partial charge on any atom is 0.339 e. The lowest BCUT2D eigenvalue weighted by Gasteiger charge is -2.07. The van der Waals surface area contributed by atoms with Gasteiger partial charge in [-0.2, -0.15) is 0 Å². The molecule has 0 saturated heterocycles. The van der Waals surface area contributed by atoms with E-state index in [4.69, 9.17) is 0 Å². The van der Waals surface area contributed by atoms with Crippen molar-refractivity contribution in [3.8, 4) is 0 Å². The Labute approximate surface area is 156 Å². The Morgan fingerprint density at radius 1 is 1.08 bits per heavy atom. The van der Waals surface area contributed by atoms with Crippen LogP contribution in [0.15, 0.2) is 58.6 Å². The molecular weight excluding hydrogens is 370 g/mol. The van der Waals surface area contributed by atoms with Crippen LogP contribution in [-0.4, -0.2) is 28.7 Å². The number of carbonyl (C=O) groups is 2. The van der Waals surface area contributed by atoms with Gasteiger partial charge in [-0.3, -0.25) is 4.79 Å². The Hall–Kier alpha value is -2.86. The zero-order chi connectivity index (χ0) is 18.3. The Kier molecular flexibility index (Phi) is 4.12. The molecule has 3 aromatic rings. The van der Waals surface area contributed by atoms with Crippen LogP contribution in [0.2, 0.25) is 0 Å². The molecule has 0 bridgehead atoms. The van der Waals surface area contributed by atoms with Gasteiger partial charge in [0.25, 0.3) is 5.91 Å². The number of hydrogen-bond acceptors (Lipinski definition) is 5. The molecule has 0 aliphatic carbocycles. The van der Waals surface area contributed by atoms with Crippen LogP contribution in [0.3, 0.4) is 0 Å². The number of thiophene rings is 1. The minimum absolute atomic E-state index is 0.0536. The third-order valence-corrected chi connectivity index (χ3v) is 6.35. The van der Waals surface area contributed by atoms with Gasteiger partial charge in [0.1, 0.15) is 11.5 Å². The second kappa shape index (κ2) is 6.46. The third-order valence-electron chi connectivity index (χ3n) is 4.10. The molecule has 1 aliphatic heterocycles. The SMILES string of the molecule is O=C=C1CSC(NC(=O)c2cccc3c2sc2ccccc23)=C1C(=O)O. The summed E-state index contributed by atoms with van der Waals surface area (Å²) in [6.45, 7) is 0. The van der Waals surface area contributed by atoms with Crippen LogP contribution in [-0.2, 0) is 9.59 Å². The molecule has 1 aromatic heterocycles. The Morgan fingerprint density at radius 3 is 2.62 bits per heavy atom. The predicted octanol–water partition coefficient (Wildman–Crippen LogP) is 3.59. The van der Waals surface area contributed by atoms with Crippen LogP contribution in [0, 0.1) is 0 Å². The van der Waals surface area contributed by atoms with Gasteiger partial charge >= 0.3 is 5.97 Å². The van der Waals surface area contributed by atoms with Crippen LogP contribution in [0.5, 0.6) is 0 Å². The van der Waals surface area contributed by atoms with Crippen molar-refractivity contribution in [2.45, 2.75) is 0 Å². The fourth-order valence-electron chi connectivity index (χ4n) is 2.93. The minimum atomic E-state index is -1.25. The fraction of sp³-hybridized carbons (Fsp3) is 0.0526. The van der Waals surface area contributed by atoms with Crippen molar-refractivity contribution in [1.82, 2.24) is 5.32 Å². The lowest BCUT2D eigenvalue weighted by Crippen LogP contribution is -2.23.